The Kier molecular flexibility index (Phi) is 6.11. The van der Waals surface area contributed by atoms with E-state index in [0.717, 1.165) is 15.8 Å². The number of hydrogen-bond donors (Lipinski definition) is 0. The third-order valence-electron chi connectivity index (χ3n) is 6.54. The average molecular weight is 526 g/mol. The fraction of sp³-hybridized carbons (Fsp3) is 0. The Hall–Kier alpha value is -4.14. The van der Waals surface area contributed by atoms with Crippen molar-refractivity contribution >= 4 is 43.8 Å². The molecule has 2 heteroatoms. The zero-order valence-corrected chi connectivity index (χ0v) is 21.3. The van der Waals surface area contributed by atoms with Gasteiger partial charge in [0.2, 0.25) is 0 Å². The van der Waals surface area contributed by atoms with Gasteiger partial charge in [0, 0.05) is 21.2 Å². The SMILES string of the molecule is Brc1ccc(-c2ccc(-c3ccc(N(c4ccccc4)c4cccc5ccccc45)cc3)cc2)cc1. The molecule has 0 spiro atoms. The van der Waals surface area contributed by atoms with Gasteiger partial charge in [-0.25, -0.2) is 0 Å². The molecule has 0 heterocycles. The van der Waals surface area contributed by atoms with E-state index in [2.05, 4.69) is 166 Å². The highest BCUT2D eigenvalue weighted by Gasteiger charge is 2.15. The van der Waals surface area contributed by atoms with Crippen LogP contribution in [-0.4, -0.2) is 0 Å². The molecule has 6 aromatic rings. The molecule has 0 N–H and O–H groups in total. The zero-order chi connectivity index (χ0) is 24.3. The van der Waals surface area contributed by atoms with Crippen molar-refractivity contribution in [3.63, 3.8) is 0 Å². The van der Waals surface area contributed by atoms with Crippen LogP contribution in [0.2, 0.25) is 0 Å². The van der Waals surface area contributed by atoms with E-state index in [1.165, 1.54) is 38.7 Å². The molecule has 6 aromatic carbocycles. The van der Waals surface area contributed by atoms with E-state index in [0.29, 0.717) is 0 Å². The summed E-state index contributed by atoms with van der Waals surface area (Å²) in [6, 6.07) is 51.7. The molecule has 0 amide bonds. The van der Waals surface area contributed by atoms with Crippen LogP contribution in [0.3, 0.4) is 0 Å². The third kappa shape index (κ3) is 4.44. The van der Waals surface area contributed by atoms with E-state index < -0.39 is 0 Å². The molecule has 0 aliphatic carbocycles. The molecule has 0 saturated heterocycles. The van der Waals surface area contributed by atoms with Gasteiger partial charge in [-0.2, -0.15) is 0 Å². The first kappa shape index (κ1) is 22.3. The second-order valence-electron chi connectivity index (χ2n) is 8.80. The number of fused-ring (bicyclic) bond motifs is 1. The minimum absolute atomic E-state index is 1.09. The van der Waals surface area contributed by atoms with Gasteiger partial charge < -0.3 is 4.90 Å². The van der Waals surface area contributed by atoms with Gasteiger partial charge >= 0.3 is 0 Å². The highest BCUT2D eigenvalue weighted by atomic mass is 79.9. The van der Waals surface area contributed by atoms with Gasteiger partial charge in [0.1, 0.15) is 0 Å². The maximum atomic E-state index is 3.51. The maximum absolute atomic E-state index is 3.51. The molecule has 0 bridgehead atoms. The topological polar surface area (TPSA) is 3.24 Å². The van der Waals surface area contributed by atoms with Gasteiger partial charge in [-0.15, -0.1) is 0 Å². The molecule has 0 fully saturated rings. The molecule has 0 radical (unpaired) electrons. The minimum Gasteiger partial charge on any atom is -0.310 e. The van der Waals surface area contributed by atoms with Crippen LogP contribution in [0.5, 0.6) is 0 Å². The first-order valence-corrected chi connectivity index (χ1v) is 12.8. The summed E-state index contributed by atoms with van der Waals surface area (Å²) in [4.78, 5) is 2.34. The van der Waals surface area contributed by atoms with E-state index in [1.54, 1.807) is 0 Å². The lowest BCUT2D eigenvalue weighted by Gasteiger charge is -2.27. The van der Waals surface area contributed by atoms with Crippen molar-refractivity contribution in [1.82, 2.24) is 0 Å². The van der Waals surface area contributed by atoms with Crippen LogP contribution in [0.25, 0.3) is 33.0 Å². The first-order valence-electron chi connectivity index (χ1n) is 12.1. The molecule has 6 rings (SSSR count). The number of halogens is 1. The van der Waals surface area contributed by atoms with Crippen molar-refractivity contribution in [2.45, 2.75) is 0 Å². The van der Waals surface area contributed by atoms with Crippen molar-refractivity contribution in [2.24, 2.45) is 0 Å². The maximum Gasteiger partial charge on any atom is 0.0540 e. The minimum atomic E-state index is 1.09. The van der Waals surface area contributed by atoms with Crippen LogP contribution in [-0.2, 0) is 0 Å². The number of para-hydroxylation sites is 1. The van der Waals surface area contributed by atoms with Gasteiger partial charge in [0.15, 0.2) is 0 Å². The highest BCUT2D eigenvalue weighted by molar-refractivity contribution is 9.10. The predicted octanol–water partition coefficient (Wildman–Crippen LogP) is 10.4. The van der Waals surface area contributed by atoms with Gasteiger partial charge in [0.25, 0.3) is 0 Å². The summed E-state index contributed by atoms with van der Waals surface area (Å²) in [5, 5.41) is 2.47. The Morgan fingerprint density at radius 2 is 0.861 bits per heavy atom. The lowest BCUT2D eigenvalue weighted by molar-refractivity contribution is 1.30. The summed E-state index contributed by atoms with van der Waals surface area (Å²) < 4.78 is 1.09. The summed E-state index contributed by atoms with van der Waals surface area (Å²) in [5.74, 6) is 0. The van der Waals surface area contributed by atoms with Gasteiger partial charge in [-0.3, -0.25) is 0 Å². The van der Waals surface area contributed by atoms with Crippen molar-refractivity contribution in [2.75, 3.05) is 4.90 Å². The fourth-order valence-electron chi connectivity index (χ4n) is 4.71. The van der Waals surface area contributed by atoms with Gasteiger partial charge in [0.05, 0.1) is 5.69 Å². The molecule has 36 heavy (non-hydrogen) atoms. The highest BCUT2D eigenvalue weighted by Crippen LogP contribution is 2.39. The van der Waals surface area contributed by atoms with E-state index >= 15 is 0 Å². The number of nitrogens with zero attached hydrogens (tertiary/aromatic N) is 1. The summed E-state index contributed by atoms with van der Waals surface area (Å²) in [7, 11) is 0. The molecule has 0 unspecified atom stereocenters. The van der Waals surface area contributed by atoms with Crippen molar-refractivity contribution in [3.05, 3.63) is 150 Å². The smallest absolute Gasteiger partial charge is 0.0540 e. The second kappa shape index (κ2) is 9.85. The first-order chi connectivity index (χ1) is 17.8. The quantitative estimate of drug-likeness (QED) is 0.216. The average Bonchev–Trinajstić information content (AvgIpc) is 2.95. The second-order valence-corrected chi connectivity index (χ2v) is 9.72. The van der Waals surface area contributed by atoms with Gasteiger partial charge in [-0.1, -0.05) is 119 Å². The Labute approximate surface area is 220 Å². The van der Waals surface area contributed by atoms with Gasteiger partial charge in [-0.05, 0) is 70.1 Å². The largest absolute Gasteiger partial charge is 0.310 e. The summed E-state index contributed by atoms with van der Waals surface area (Å²) in [5.41, 5.74) is 8.28. The Bertz CT molecular complexity index is 1600. The molecule has 0 aliphatic rings. The number of rotatable bonds is 5. The van der Waals surface area contributed by atoms with Crippen molar-refractivity contribution in [3.8, 4) is 22.3 Å². The van der Waals surface area contributed by atoms with E-state index in [1.807, 2.05) is 0 Å². The lowest BCUT2D eigenvalue weighted by Crippen LogP contribution is -2.10. The number of anilines is 3. The third-order valence-corrected chi connectivity index (χ3v) is 7.07. The number of benzene rings is 6. The lowest BCUT2D eigenvalue weighted by atomic mass is 10.00. The normalized spacial score (nSPS) is 10.9. The van der Waals surface area contributed by atoms with Crippen molar-refractivity contribution in [1.29, 1.82) is 0 Å². The van der Waals surface area contributed by atoms with Crippen LogP contribution >= 0.6 is 15.9 Å². The number of hydrogen-bond acceptors (Lipinski definition) is 1. The standard InChI is InChI=1S/C34H24BrN/c35-30-21-17-27(18-22-30)25-13-15-26(16-14-25)28-19-23-32(24-20-28)36(31-9-2-1-3-10-31)34-12-6-8-29-7-4-5-11-33(29)34/h1-24H. The van der Waals surface area contributed by atoms with Crippen LogP contribution in [0, 0.1) is 0 Å². The molecule has 0 aromatic heterocycles. The summed E-state index contributed by atoms with van der Waals surface area (Å²) in [6.45, 7) is 0. The summed E-state index contributed by atoms with van der Waals surface area (Å²) >= 11 is 3.51. The molecular weight excluding hydrogens is 502 g/mol. The van der Waals surface area contributed by atoms with E-state index in [-0.39, 0.29) is 0 Å². The van der Waals surface area contributed by atoms with Crippen molar-refractivity contribution < 1.29 is 0 Å². The molecule has 0 saturated carbocycles. The van der Waals surface area contributed by atoms with Crippen LogP contribution < -0.4 is 4.90 Å². The fourth-order valence-corrected chi connectivity index (χ4v) is 4.97. The van der Waals surface area contributed by atoms with Crippen LogP contribution in [0.1, 0.15) is 0 Å². The molecule has 172 valence electrons. The monoisotopic (exact) mass is 525 g/mol. The van der Waals surface area contributed by atoms with Crippen LogP contribution in [0.15, 0.2) is 150 Å². The summed E-state index contributed by atoms with van der Waals surface area (Å²) in [6.07, 6.45) is 0. The molecule has 0 aliphatic heterocycles. The van der Waals surface area contributed by atoms with E-state index in [9.17, 15) is 0 Å². The van der Waals surface area contributed by atoms with Crippen LogP contribution in [0.4, 0.5) is 17.1 Å². The Morgan fingerprint density at radius 3 is 1.50 bits per heavy atom. The van der Waals surface area contributed by atoms with E-state index in [4.69, 9.17) is 0 Å². The molecular formula is C34H24BrN. The predicted molar refractivity (Wildman–Crippen MR) is 157 cm³/mol. The molecule has 1 nitrogen and oxygen atoms in total. The Morgan fingerprint density at radius 1 is 0.389 bits per heavy atom. The zero-order valence-electron chi connectivity index (χ0n) is 19.7. The molecule has 0 atom stereocenters. The Balaban J connectivity index is 1.36.